The summed E-state index contributed by atoms with van der Waals surface area (Å²) in [6.45, 7) is 15.2. The zero-order valence-corrected chi connectivity index (χ0v) is 12.8. The van der Waals surface area contributed by atoms with Crippen molar-refractivity contribution in [3.8, 4) is 0 Å². The van der Waals surface area contributed by atoms with E-state index < -0.39 is 0 Å². The van der Waals surface area contributed by atoms with E-state index in [9.17, 15) is 0 Å². The summed E-state index contributed by atoms with van der Waals surface area (Å²) in [7, 11) is 0. The molecule has 2 nitrogen and oxygen atoms in total. The monoisotopic (exact) mass is 243 g/mol. The second-order valence-electron chi connectivity index (χ2n) is 5.90. The molecule has 0 aliphatic carbocycles. The first kappa shape index (κ1) is 16.9. The smallest absolute Gasteiger partial charge is 0.0775 e. The van der Waals surface area contributed by atoms with Crippen molar-refractivity contribution in [3.05, 3.63) is 0 Å². The van der Waals surface area contributed by atoms with Crippen molar-refractivity contribution in [1.29, 1.82) is 0 Å². The Labute approximate surface area is 109 Å². The van der Waals surface area contributed by atoms with Crippen molar-refractivity contribution < 1.29 is 4.74 Å². The summed E-state index contributed by atoms with van der Waals surface area (Å²) < 4.78 is 5.99. The Morgan fingerprint density at radius 1 is 1.06 bits per heavy atom. The van der Waals surface area contributed by atoms with Crippen LogP contribution in [-0.4, -0.2) is 25.3 Å². The summed E-state index contributed by atoms with van der Waals surface area (Å²) in [6.07, 6.45) is 5.44. The lowest BCUT2D eigenvalue weighted by Gasteiger charge is -2.37. The molecule has 17 heavy (non-hydrogen) atoms. The van der Waals surface area contributed by atoms with E-state index in [1.54, 1.807) is 0 Å². The summed E-state index contributed by atoms with van der Waals surface area (Å²) in [4.78, 5) is 0. The van der Waals surface area contributed by atoms with Crippen LogP contribution < -0.4 is 5.32 Å². The van der Waals surface area contributed by atoms with Crippen LogP contribution in [0.15, 0.2) is 0 Å². The molecule has 0 aliphatic heterocycles. The van der Waals surface area contributed by atoms with Crippen molar-refractivity contribution in [2.24, 2.45) is 5.41 Å². The van der Waals surface area contributed by atoms with Gasteiger partial charge < -0.3 is 10.1 Å². The molecule has 2 atom stereocenters. The van der Waals surface area contributed by atoms with E-state index in [0.717, 1.165) is 13.2 Å². The van der Waals surface area contributed by atoms with Gasteiger partial charge in [0.15, 0.2) is 0 Å². The van der Waals surface area contributed by atoms with Gasteiger partial charge >= 0.3 is 0 Å². The lowest BCUT2D eigenvalue weighted by molar-refractivity contribution is -0.0375. The van der Waals surface area contributed by atoms with Crippen LogP contribution in [0.5, 0.6) is 0 Å². The van der Waals surface area contributed by atoms with Gasteiger partial charge in [0.2, 0.25) is 0 Å². The molecule has 0 saturated heterocycles. The van der Waals surface area contributed by atoms with Crippen LogP contribution in [0, 0.1) is 5.41 Å². The molecule has 0 aromatic carbocycles. The fourth-order valence-corrected chi connectivity index (χ4v) is 2.39. The molecule has 0 rings (SSSR count). The first-order chi connectivity index (χ1) is 7.97. The molecule has 0 aliphatic rings. The number of hydrogen-bond acceptors (Lipinski definition) is 2. The lowest BCUT2D eigenvalue weighted by atomic mass is 9.82. The molecule has 0 fully saturated rings. The molecule has 0 saturated carbocycles. The lowest BCUT2D eigenvalue weighted by Crippen LogP contribution is -2.48. The fourth-order valence-electron chi connectivity index (χ4n) is 2.39. The van der Waals surface area contributed by atoms with Crippen LogP contribution in [0.4, 0.5) is 0 Å². The number of unbranched alkanes of at least 4 members (excludes halogenated alkanes) is 2. The van der Waals surface area contributed by atoms with Crippen molar-refractivity contribution in [1.82, 2.24) is 5.32 Å². The standard InChI is InChI=1S/C15H33NO/c1-7-10-11-12-13(16-8-2)14(17-9-3)15(4,5)6/h13-14,16H,7-12H2,1-6H3. The van der Waals surface area contributed by atoms with Crippen LogP contribution in [0.1, 0.15) is 67.2 Å². The second-order valence-corrected chi connectivity index (χ2v) is 5.90. The van der Waals surface area contributed by atoms with Crippen molar-refractivity contribution in [2.45, 2.75) is 79.4 Å². The summed E-state index contributed by atoms with van der Waals surface area (Å²) in [5, 5.41) is 3.61. The molecule has 2 unspecified atom stereocenters. The van der Waals surface area contributed by atoms with Crippen LogP contribution in [0.3, 0.4) is 0 Å². The van der Waals surface area contributed by atoms with E-state index >= 15 is 0 Å². The Kier molecular flexibility index (Phi) is 8.89. The number of rotatable bonds is 9. The molecule has 2 heteroatoms. The van der Waals surface area contributed by atoms with Gasteiger partial charge in [-0.25, -0.2) is 0 Å². The minimum absolute atomic E-state index is 0.203. The van der Waals surface area contributed by atoms with Gasteiger partial charge in [-0.05, 0) is 25.3 Å². The second kappa shape index (κ2) is 8.93. The van der Waals surface area contributed by atoms with Crippen LogP contribution in [-0.2, 0) is 4.74 Å². The zero-order chi connectivity index (χ0) is 13.3. The minimum Gasteiger partial charge on any atom is -0.376 e. The molecule has 104 valence electrons. The first-order valence-electron chi connectivity index (χ1n) is 7.32. The third kappa shape index (κ3) is 7.05. The highest BCUT2D eigenvalue weighted by molar-refractivity contribution is 4.86. The molecule has 0 radical (unpaired) electrons. The third-order valence-corrected chi connectivity index (χ3v) is 3.15. The van der Waals surface area contributed by atoms with E-state index in [4.69, 9.17) is 4.74 Å². The van der Waals surface area contributed by atoms with Crippen LogP contribution >= 0.6 is 0 Å². The maximum atomic E-state index is 5.99. The van der Waals surface area contributed by atoms with E-state index in [2.05, 4.69) is 46.9 Å². The summed E-state index contributed by atoms with van der Waals surface area (Å²) in [5.41, 5.74) is 0.203. The zero-order valence-electron chi connectivity index (χ0n) is 12.8. The highest BCUT2D eigenvalue weighted by Gasteiger charge is 2.31. The van der Waals surface area contributed by atoms with Gasteiger partial charge in [0.1, 0.15) is 0 Å². The maximum absolute atomic E-state index is 5.99. The van der Waals surface area contributed by atoms with E-state index in [1.165, 1.54) is 25.7 Å². The Hall–Kier alpha value is -0.0800. The van der Waals surface area contributed by atoms with Gasteiger partial charge in [0.05, 0.1) is 6.10 Å². The first-order valence-corrected chi connectivity index (χ1v) is 7.32. The van der Waals surface area contributed by atoms with Crippen molar-refractivity contribution >= 4 is 0 Å². The Morgan fingerprint density at radius 2 is 1.71 bits per heavy atom. The number of nitrogens with one attached hydrogen (secondary N) is 1. The maximum Gasteiger partial charge on any atom is 0.0775 e. The van der Waals surface area contributed by atoms with Gasteiger partial charge in [-0.15, -0.1) is 0 Å². The van der Waals surface area contributed by atoms with Gasteiger partial charge in [0, 0.05) is 12.6 Å². The average molecular weight is 243 g/mol. The molecule has 0 amide bonds. The minimum atomic E-state index is 0.203. The quantitative estimate of drug-likeness (QED) is 0.618. The molecule has 0 aromatic rings. The number of likely N-dealkylation sites (N-methyl/N-ethyl adjacent to an activating group) is 1. The van der Waals surface area contributed by atoms with Gasteiger partial charge in [-0.3, -0.25) is 0 Å². The average Bonchev–Trinajstić information content (AvgIpc) is 2.24. The largest absolute Gasteiger partial charge is 0.376 e. The van der Waals surface area contributed by atoms with Crippen molar-refractivity contribution in [3.63, 3.8) is 0 Å². The van der Waals surface area contributed by atoms with Gasteiger partial charge in [0.25, 0.3) is 0 Å². The molecule has 1 N–H and O–H groups in total. The van der Waals surface area contributed by atoms with Crippen molar-refractivity contribution in [2.75, 3.05) is 13.2 Å². The Balaban J connectivity index is 4.47. The van der Waals surface area contributed by atoms with E-state index in [0.29, 0.717) is 12.1 Å². The summed E-state index contributed by atoms with van der Waals surface area (Å²) in [6, 6.07) is 0.492. The topological polar surface area (TPSA) is 21.3 Å². The highest BCUT2D eigenvalue weighted by atomic mass is 16.5. The van der Waals surface area contributed by atoms with Gasteiger partial charge in [-0.2, -0.15) is 0 Å². The predicted octanol–water partition coefficient (Wildman–Crippen LogP) is 4.00. The third-order valence-electron chi connectivity index (χ3n) is 3.15. The van der Waals surface area contributed by atoms with E-state index in [-0.39, 0.29) is 5.41 Å². The van der Waals surface area contributed by atoms with Crippen LogP contribution in [0.2, 0.25) is 0 Å². The molecule has 0 aromatic heterocycles. The fraction of sp³-hybridized carbons (Fsp3) is 1.00. The highest BCUT2D eigenvalue weighted by Crippen LogP contribution is 2.27. The Morgan fingerprint density at radius 3 is 2.12 bits per heavy atom. The summed E-state index contributed by atoms with van der Waals surface area (Å²) >= 11 is 0. The molecule has 0 heterocycles. The van der Waals surface area contributed by atoms with Crippen LogP contribution in [0.25, 0.3) is 0 Å². The Bertz CT molecular complexity index is 174. The molecular formula is C15H33NO. The molecule has 0 bridgehead atoms. The SMILES string of the molecule is CCCCCC(NCC)C(OCC)C(C)(C)C. The molecular weight excluding hydrogens is 210 g/mol. The molecule has 0 spiro atoms. The van der Waals surface area contributed by atoms with Gasteiger partial charge in [-0.1, -0.05) is 53.9 Å². The van der Waals surface area contributed by atoms with E-state index in [1.807, 2.05) is 0 Å². The summed E-state index contributed by atoms with van der Waals surface area (Å²) in [5.74, 6) is 0. The normalized spacial score (nSPS) is 15.9. The number of hydrogen-bond donors (Lipinski definition) is 1. The number of ether oxygens (including phenoxy) is 1. The predicted molar refractivity (Wildman–Crippen MR) is 76.5 cm³/mol.